The first-order chi connectivity index (χ1) is 7.49. The summed E-state index contributed by atoms with van der Waals surface area (Å²) in [5, 5.41) is 11.8. The van der Waals surface area contributed by atoms with Gasteiger partial charge in [-0.15, -0.1) is 0 Å². The van der Waals surface area contributed by atoms with Crippen LogP contribution in [0.15, 0.2) is 18.2 Å². The molecule has 0 aliphatic carbocycles. The highest BCUT2D eigenvalue weighted by atomic mass is 35.5. The molecule has 0 atom stereocenters. The number of halogens is 1. The van der Waals surface area contributed by atoms with E-state index in [1.165, 1.54) is 6.92 Å². The minimum atomic E-state index is -0.874. The lowest BCUT2D eigenvalue weighted by Gasteiger charge is -2.06. The SMILES string of the molecule is CC(=O)c1cc(Cl)cc(NCCC(=O)O)c1. The lowest BCUT2D eigenvalue weighted by Crippen LogP contribution is -2.08. The molecule has 0 spiro atoms. The van der Waals surface area contributed by atoms with E-state index in [4.69, 9.17) is 16.7 Å². The number of ketones is 1. The van der Waals surface area contributed by atoms with E-state index in [1.54, 1.807) is 18.2 Å². The molecule has 1 aromatic rings. The van der Waals surface area contributed by atoms with E-state index in [0.717, 1.165) is 0 Å². The lowest BCUT2D eigenvalue weighted by molar-refractivity contribution is -0.136. The highest BCUT2D eigenvalue weighted by Crippen LogP contribution is 2.19. The van der Waals surface area contributed by atoms with Crippen LogP contribution >= 0.6 is 11.6 Å². The van der Waals surface area contributed by atoms with Gasteiger partial charge in [0.2, 0.25) is 0 Å². The molecule has 0 heterocycles. The third kappa shape index (κ3) is 3.90. The topological polar surface area (TPSA) is 66.4 Å². The second-order valence-corrected chi connectivity index (χ2v) is 3.79. The van der Waals surface area contributed by atoms with Gasteiger partial charge in [-0.25, -0.2) is 0 Å². The van der Waals surface area contributed by atoms with E-state index in [-0.39, 0.29) is 12.2 Å². The van der Waals surface area contributed by atoms with Crippen molar-refractivity contribution in [3.8, 4) is 0 Å². The summed E-state index contributed by atoms with van der Waals surface area (Å²) in [5.74, 6) is -0.954. The third-order valence-electron chi connectivity index (χ3n) is 1.97. The van der Waals surface area contributed by atoms with Crippen molar-refractivity contribution in [2.45, 2.75) is 13.3 Å². The fraction of sp³-hybridized carbons (Fsp3) is 0.273. The van der Waals surface area contributed by atoms with E-state index >= 15 is 0 Å². The van der Waals surface area contributed by atoms with Gasteiger partial charge in [0.05, 0.1) is 6.42 Å². The van der Waals surface area contributed by atoms with Crippen LogP contribution in [0.5, 0.6) is 0 Å². The molecule has 0 bridgehead atoms. The van der Waals surface area contributed by atoms with Crippen LogP contribution in [0, 0.1) is 0 Å². The van der Waals surface area contributed by atoms with Gasteiger partial charge in [-0.05, 0) is 25.1 Å². The molecule has 0 radical (unpaired) electrons. The average Bonchev–Trinajstić information content (AvgIpc) is 2.16. The van der Waals surface area contributed by atoms with Crippen LogP contribution in [-0.4, -0.2) is 23.4 Å². The summed E-state index contributed by atoms with van der Waals surface area (Å²) in [5.41, 5.74) is 1.16. The molecule has 0 saturated heterocycles. The first-order valence-electron chi connectivity index (χ1n) is 4.76. The number of aliphatic carboxylic acids is 1. The number of hydrogen-bond donors (Lipinski definition) is 2. The Balaban J connectivity index is 2.72. The molecule has 86 valence electrons. The quantitative estimate of drug-likeness (QED) is 0.777. The van der Waals surface area contributed by atoms with Gasteiger partial charge in [-0.3, -0.25) is 9.59 Å². The number of Topliss-reactive ketones (excluding diaryl/α,β-unsaturated/α-hetero) is 1. The van der Waals surface area contributed by atoms with Crippen LogP contribution in [0.2, 0.25) is 5.02 Å². The maximum atomic E-state index is 11.2. The van der Waals surface area contributed by atoms with Gasteiger partial charge in [-0.2, -0.15) is 0 Å². The summed E-state index contributed by atoms with van der Waals surface area (Å²) in [6, 6.07) is 4.87. The van der Waals surface area contributed by atoms with Crippen molar-refractivity contribution < 1.29 is 14.7 Å². The van der Waals surface area contributed by atoms with Crippen molar-refractivity contribution in [1.82, 2.24) is 0 Å². The van der Waals surface area contributed by atoms with E-state index in [0.29, 0.717) is 22.8 Å². The molecular formula is C11H12ClNO3. The summed E-state index contributed by atoms with van der Waals surface area (Å²) in [4.78, 5) is 21.5. The molecule has 2 N–H and O–H groups in total. The third-order valence-corrected chi connectivity index (χ3v) is 2.19. The summed E-state index contributed by atoms with van der Waals surface area (Å²) < 4.78 is 0. The molecule has 1 rings (SSSR count). The Kier molecular flexibility index (Phi) is 4.31. The Morgan fingerprint density at radius 3 is 2.62 bits per heavy atom. The van der Waals surface area contributed by atoms with Crippen molar-refractivity contribution in [2.24, 2.45) is 0 Å². The molecule has 16 heavy (non-hydrogen) atoms. The van der Waals surface area contributed by atoms with Crippen LogP contribution < -0.4 is 5.32 Å². The molecule has 0 saturated carbocycles. The molecular weight excluding hydrogens is 230 g/mol. The highest BCUT2D eigenvalue weighted by Gasteiger charge is 2.04. The largest absolute Gasteiger partial charge is 0.481 e. The fourth-order valence-electron chi connectivity index (χ4n) is 1.21. The maximum Gasteiger partial charge on any atom is 0.305 e. The van der Waals surface area contributed by atoms with Gasteiger partial charge >= 0.3 is 5.97 Å². The van der Waals surface area contributed by atoms with Crippen molar-refractivity contribution >= 4 is 29.0 Å². The van der Waals surface area contributed by atoms with Crippen molar-refractivity contribution in [3.05, 3.63) is 28.8 Å². The minimum Gasteiger partial charge on any atom is -0.481 e. The fourth-order valence-corrected chi connectivity index (χ4v) is 1.44. The van der Waals surface area contributed by atoms with E-state index in [9.17, 15) is 9.59 Å². The second-order valence-electron chi connectivity index (χ2n) is 3.36. The van der Waals surface area contributed by atoms with E-state index < -0.39 is 5.97 Å². The number of nitrogens with one attached hydrogen (secondary N) is 1. The Morgan fingerprint density at radius 1 is 1.38 bits per heavy atom. The van der Waals surface area contributed by atoms with Crippen LogP contribution in [0.25, 0.3) is 0 Å². The number of carboxylic acid groups (broad SMARTS) is 1. The van der Waals surface area contributed by atoms with E-state index in [1.807, 2.05) is 0 Å². The van der Waals surface area contributed by atoms with Crippen LogP contribution in [0.1, 0.15) is 23.7 Å². The molecule has 5 heteroatoms. The van der Waals surface area contributed by atoms with Gasteiger partial charge < -0.3 is 10.4 Å². The average molecular weight is 242 g/mol. The first kappa shape index (κ1) is 12.5. The molecule has 0 aliphatic heterocycles. The second kappa shape index (κ2) is 5.51. The zero-order valence-electron chi connectivity index (χ0n) is 8.79. The predicted octanol–water partition coefficient (Wildman–Crippen LogP) is 2.43. The van der Waals surface area contributed by atoms with Crippen LogP contribution in [0.3, 0.4) is 0 Å². The number of carbonyl (C=O) groups is 2. The molecule has 0 fully saturated rings. The Labute approximate surface area is 98.2 Å². The number of carboxylic acids is 1. The number of carbonyl (C=O) groups excluding carboxylic acids is 1. The highest BCUT2D eigenvalue weighted by molar-refractivity contribution is 6.31. The molecule has 0 aromatic heterocycles. The molecule has 0 aliphatic rings. The summed E-state index contributed by atoms with van der Waals surface area (Å²) in [6.45, 7) is 1.75. The normalized spacial score (nSPS) is 9.88. The first-order valence-corrected chi connectivity index (χ1v) is 5.14. The summed E-state index contributed by atoms with van der Waals surface area (Å²) in [7, 11) is 0. The molecule has 1 aromatic carbocycles. The molecule has 4 nitrogen and oxygen atoms in total. The van der Waals surface area contributed by atoms with Gasteiger partial charge in [0.15, 0.2) is 5.78 Å². The van der Waals surface area contributed by atoms with Crippen molar-refractivity contribution in [2.75, 3.05) is 11.9 Å². The van der Waals surface area contributed by atoms with Gasteiger partial charge in [0.1, 0.15) is 0 Å². The number of hydrogen-bond acceptors (Lipinski definition) is 3. The van der Waals surface area contributed by atoms with Gasteiger partial charge in [0, 0.05) is 22.8 Å². The minimum absolute atomic E-state index is 0.0158. The zero-order valence-corrected chi connectivity index (χ0v) is 9.54. The lowest BCUT2D eigenvalue weighted by atomic mass is 10.1. The number of rotatable bonds is 5. The van der Waals surface area contributed by atoms with Crippen LogP contribution in [-0.2, 0) is 4.79 Å². The monoisotopic (exact) mass is 241 g/mol. The van der Waals surface area contributed by atoms with Gasteiger partial charge in [0.25, 0.3) is 0 Å². The van der Waals surface area contributed by atoms with E-state index in [2.05, 4.69) is 5.32 Å². The van der Waals surface area contributed by atoms with Crippen molar-refractivity contribution in [1.29, 1.82) is 0 Å². The van der Waals surface area contributed by atoms with Crippen LogP contribution in [0.4, 0.5) is 5.69 Å². The molecule has 0 unspecified atom stereocenters. The summed E-state index contributed by atoms with van der Waals surface area (Å²) >= 11 is 5.83. The van der Waals surface area contributed by atoms with Gasteiger partial charge in [-0.1, -0.05) is 11.6 Å². The standard InChI is InChI=1S/C11H12ClNO3/c1-7(14)8-4-9(12)6-10(5-8)13-3-2-11(15)16/h4-6,13H,2-3H2,1H3,(H,15,16). The maximum absolute atomic E-state index is 11.2. The number of benzene rings is 1. The molecule has 0 amide bonds. The summed E-state index contributed by atoms with van der Waals surface area (Å²) in [6.07, 6.45) is 0.0158. The smallest absolute Gasteiger partial charge is 0.305 e. The van der Waals surface area contributed by atoms with Crippen molar-refractivity contribution in [3.63, 3.8) is 0 Å². The Morgan fingerprint density at radius 2 is 2.06 bits per heavy atom. The zero-order chi connectivity index (χ0) is 12.1. The number of anilines is 1. The Bertz CT molecular complexity index is 418. The predicted molar refractivity (Wildman–Crippen MR) is 62.2 cm³/mol. The Hall–Kier alpha value is -1.55.